The first-order chi connectivity index (χ1) is 10.9. The third kappa shape index (κ3) is 2.00. The Morgan fingerprint density at radius 3 is 2.61 bits per heavy atom. The van der Waals surface area contributed by atoms with Gasteiger partial charge in [0, 0.05) is 0 Å². The van der Waals surface area contributed by atoms with Crippen LogP contribution in [0.3, 0.4) is 0 Å². The zero-order valence-corrected chi connectivity index (χ0v) is 15.1. The molecule has 3 saturated carbocycles. The van der Waals surface area contributed by atoms with E-state index < -0.39 is 12.2 Å². The molecule has 2 unspecified atom stereocenters. The van der Waals surface area contributed by atoms with Crippen LogP contribution in [0.15, 0.2) is 11.6 Å². The lowest BCUT2D eigenvalue weighted by Gasteiger charge is -2.60. The average Bonchev–Trinajstić information content (AvgIpc) is 2.88. The van der Waals surface area contributed by atoms with E-state index in [1.54, 1.807) is 0 Å². The first-order valence-electron chi connectivity index (χ1n) is 10.00. The third-order valence-electron chi connectivity index (χ3n) is 8.80. The molecule has 0 amide bonds. The van der Waals surface area contributed by atoms with Gasteiger partial charge in [-0.3, -0.25) is 0 Å². The Morgan fingerprint density at radius 2 is 1.87 bits per heavy atom. The van der Waals surface area contributed by atoms with Crippen LogP contribution in [0.5, 0.6) is 0 Å². The second kappa shape index (κ2) is 5.33. The molecule has 4 aliphatic carbocycles. The van der Waals surface area contributed by atoms with Crippen molar-refractivity contribution in [3.05, 3.63) is 11.6 Å². The molecule has 23 heavy (non-hydrogen) atoms. The molecule has 8 atom stereocenters. The van der Waals surface area contributed by atoms with E-state index in [9.17, 15) is 10.2 Å². The van der Waals surface area contributed by atoms with Gasteiger partial charge in [-0.2, -0.15) is 0 Å². The summed E-state index contributed by atoms with van der Waals surface area (Å²) in [4.78, 5) is 0. The normalized spacial score (nSPS) is 55.6. The largest absolute Gasteiger partial charge is 0.390 e. The van der Waals surface area contributed by atoms with E-state index in [1.807, 2.05) is 0 Å². The van der Waals surface area contributed by atoms with Gasteiger partial charge in [0.1, 0.15) is 6.10 Å². The van der Waals surface area contributed by atoms with Crippen molar-refractivity contribution in [1.82, 2.24) is 0 Å². The van der Waals surface area contributed by atoms with Gasteiger partial charge in [0.05, 0.1) is 6.10 Å². The van der Waals surface area contributed by atoms with Crippen molar-refractivity contribution in [1.29, 1.82) is 0 Å². The van der Waals surface area contributed by atoms with Crippen molar-refractivity contribution in [2.75, 3.05) is 0 Å². The first kappa shape index (κ1) is 16.1. The van der Waals surface area contributed by atoms with Gasteiger partial charge in [-0.05, 0) is 85.0 Å². The number of hydrogen-bond donors (Lipinski definition) is 2. The predicted molar refractivity (Wildman–Crippen MR) is 92.9 cm³/mol. The van der Waals surface area contributed by atoms with Crippen molar-refractivity contribution in [2.45, 2.75) is 84.3 Å². The highest BCUT2D eigenvalue weighted by atomic mass is 16.3. The van der Waals surface area contributed by atoms with Crippen LogP contribution in [0.4, 0.5) is 0 Å². The summed E-state index contributed by atoms with van der Waals surface area (Å²) in [5.41, 5.74) is 1.70. The zero-order valence-electron chi connectivity index (χ0n) is 15.1. The number of hydrogen-bond acceptors (Lipinski definition) is 2. The molecule has 0 aromatic carbocycles. The van der Waals surface area contributed by atoms with Crippen molar-refractivity contribution >= 4 is 0 Å². The summed E-state index contributed by atoms with van der Waals surface area (Å²) < 4.78 is 0. The molecule has 2 N–H and O–H groups in total. The predicted octanol–water partition coefficient (Wildman–Crippen LogP) is 4.31. The monoisotopic (exact) mass is 318 g/mol. The maximum Gasteiger partial charge on any atom is 0.102 e. The molecular formula is C21H34O2. The molecule has 0 aromatic heterocycles. The molecule has 4 rings (SSSR count). The Balaban J connectivity index is 1.75. The minimum atomic E-state index is -0.621. The standard InChI is InChI=1S/C21H34O2/c1-4-13-8-9-14-17-15(10-12-20(13,14)2)21(3)11-6-5-7-16(21)18(22)19(17)23/h7,13-15,17-19,22-23H,4-6,8-12H2,1-3H3/t13-,14-,15-,17-,18?,19?,20+,21+/m0/s1. The Morgan fingerprint density at radius 1 is 1.09 bits per heavy atom. The summed E-state index contributed by atoms with van der Waals surface area (Å²) in [5.74, 6) is 2.30. The second-order valence-corrected chi connectivity index (χ2v) is 9.42. The quantitative estimate of drug-likeness (QED) is 0.707. The Bertz CT molecular complexity index is 512. The summed E-state index contributed by atoms with van der Waals surface area (Å²) in [6.45, 7) is 7.21. The Kier molecular flexibility index (Phi) is 3.74. The number of aliphatic hydroxyl groups excluding tert-OH is 2. The van der Waals surface area contributed by atoms with Crippen molar-refractivity contribution in [3.8, 4) is 0 Å². The van der Waals surface area contributed by atoms with Gasteiger partial charge in [0.15, 0.2) is 0 Å². The topological polar surface area (TPSA) is 40.5 Å². The van der Waals surface area contributed by atoms with E-state index in [4.69, 9.17) is 0 Å². The highest BCUT2D eigenvalue weighted by Gasteiger charge is 2.62. The zero-order chi connectivity index (χ0) is 16.4. The molecule has 130 valence electrons. The molecule has 0 radical (unpaired) electrons. The van der Waals surface area contributed by atoms with Crippen LogP contribution in [0, 0.1) is 34.5 Å². The van der Waals surface area contributed by atoms with Gasteiger partial charge in [0.25, 0.3) is 0 Å². The first-order valence-corrected chi connectivity index (χ1v) is 10.00. The van der Waals surface area contributed by atoms with Crippen molar-refractivity contribution < 1.29 is 10.2 Å². The van der Waals surface area contributed by atoms with E-state index in [2.05, 4.69) is 26.8 Å². The van der Waals surface area contributed by atoms with E-state index in [0.29, 0.717) is 23.2 Å². The van der Waals surface area contributed by atoms with Gasteiger partial charge >= 0.3 is 0 Å². The fourth-order valence-electron chi connectivity index (χ4n) is 7.55. The van der Waals surface area contributed by atoms with Crippen LogP contribution in [-0.4, -0.2) is 22.4 Å². The molecule has 2 nitrogen and oxygen atoms in total. The summed E-state index contributed by atoms with van der Waals surface area (Å²) in [5, 5.41) is 21.9. The van der Waals surface area contributed by atoms with Crippen LogP contribution >= 0.6 is 0 Å². The van der Waals surface area contributed by atoms with Crippen LogP contribution in [0.1, 0.15) is 72.1 Å². The molecule has 3 fully saturated rings. The minimum Gasteiger partial charge on any atom is -0.390 e. The summed E-state index contributed by atoms with van der Waals surface area (Å²) in [7, 11) is 0. The van der Waals surface area contributed by atoms with Crippen molar-refractivity contribution in [3.63, 3.8) is 0 Å². The Labute approximate surface area is 141 Å². The third-order valence-corrected chi connectivity index (χ3v) is 8.80. The van der Waals surface area contributed by atoms with Gasteiger partial charge < -0.3 is 10.2 Å². The van der Waals surface area contributed by atoms with Gasteiger partial charge in [-0.1, -0.05) is 33.3 Å². The van der Waals surface area contributed by atoms with Crippen LogP contribution in [-0.2, 0) is 0 Å². The highest BCUT2D eigenvalue weighted by Crippen LogP contribution is 2.67. The lowest BCUT2D eigenvalue weighted by atomic mass is 9.45. The number of aliphatic hydroxyl groups is 2. The van der Waals surface area contributed by atoms with E-state index in [0.717, 1.165) is 12.3 Å². The van der Waals surface area contributed by atoms with Crippen LogP contribution in [0.2, 0.25) is 0 Å². The summed E-state index contributed by atoms with van der Waals surface area (Å²) in [6.07, 6.45) is 11.0. The summed E-state index contributed by atoms with van der Waals surface area (Å²) >= 11 is 0. The number of fused-ring (bicyclic) bond motifs is 5. The molecule has 0 aliphatic heterocycles. The maximum absolute atomic E-state index is 11.1. The SMILES string of the molecule is CC[C@H]1CC[C@H]2[C@@H]3C(O)C(O)C4=CCCC[C@]4(C)[C@H]3CC[C@]12C. The molecule has 0 bridgehead atoms. The maximum atomic E-state index is 11.1. The number of rotatable bonds is 1. The molecular weight excluding hydrogens is 284 g/mol. The Hall–Kier alpha value is -0.340. The fraction of sp³-hybridized carbons (Fsp3) is 0.905. The minimum absolute atomic E-state index is 0.132. The molecule has 0 heterocycles. The van der Waals surface area contributed by atoms with Gasteiger partial charge in [0.2, 0.25) is 0 Å². The smallest absolute Gasteiger partial charge is 0.102 e. The lowest BCUT2D eigenvalue weighted by Crippen LogP contribution is -2.60. The number of allylic oxidation sites excluding steroid dienone is 1. The van der Waals surface area contributed by atoms with Crippen LogP contribution in [0.25, 0.3) is 0 Å². The molecule has 0 aromatic rings. The van der Waals surface area contributed by atoms with Crippen molar-refractivity contribution in [2.24, 2.45) is 34.5 Å². The van der Waals surface area contributed by atoms with Gasteiger partial charge in [-0.25, -0.2) is 0 Å². The lowest BCUT2D eigenvalue weighted by molar-refractivity contribution is -0.147. The molecule has 0 saturated heterocycles. The summed E-state index contributed by atoms with van der Waals surface area (Å²) in [6, 6.07) is 0. The van der Waals surface area contributed by atoms with E-state index in [-0.39, 0.29) is 5.41 Å². The fourth-order valence-corrected chi connectivity index (χ4v) is 7.55. The molecule has 2 heteroatoms. The van der Waals surface area contributed by atoms with Crippen LogP contribution < -0.4 is 0 Å². The average molecular weight is 319 g/mol. The second-order valence-electron chi connectivity index (χ2n) is 9.42. The van der Waals surface area contributed by atoms with E-state index in [1.165, 1.54) is 50.5 Å². The molecule has 4 aliphatic rings. The highest BCUT2D eigenvalue weighted by molar-refractivity contribution is 5.29. The van der Waals surface area contributed by atoms with E-state index >= 15 is 0 Å². The van der Waals surface area contributed by atoms with Gasteiger partial charge in [-0.15, -0.1) is 0 Å². The molecule has 0 spiro atoms.